The van der Waals surface area contributed by atoms with E-state index in [1.54, 1.807) is 11.8 Å². The highest BCUT2D eigenvalue weighted by Crippen LogP contribution is 2.38. The summed E-state index contributed by atoms with van der Waals surface area (Å²) in [6.07, 6.45) is 0. The molecule has 0 saturated carbocycles. The van der Waals surface area contributed by atoms with E-state index in [0.29, 0.717) is 0 Å². The van der Waals surface area contributed by atoms with Gasteiger partial charge < -0.3 is 0 Å². The Morgan fingerprint density at radius 2 is 1.77 bits per heavy atom. The van der Waals surface area contributed by atoms with E-state index in [1.807, 2.05) is 18.2 Å². The van der Waals surface area contributed by atoms with Gasteiger partial charge in [-0.2, -0.15) is 0 Å². The Hall–Kier alpha value is -1.51. The highest BCUT2D eigenvalue weighted by molar-refractivity contribution is 7.99. The summed E-state index contributed by atoms with van der Waals surface area (Å²) < 4.78 is 0. The summed E-state index contributed by atoms with van der Waals surface area (Å²) in [4.78, 5) is 4.85. The minimum absolute atomic E-state index is 0.266. The van der Waals surface area contributed by atoms with Crippen molar-refractivity contribution in [2.75, 3.05) is 0 Å². The molecule has 0 spiro atoms. The standard InChI is InChI=1S/C19H18ClNS/c1-12-7-6-9-15-13(2)11-18(21-19(12)15)22-14(3)16-8-4-5-10-17(16)20/h4-11,14H,1-3H3/t14-/m1/s1. The van der Waals surface area contributed by atoms with E-state index in [-0.39, 0.29) is 5.25 Å². The fourth-order valence-electron chi connectivity index (χ4n) is 2.64. The molecule has 3 aromatic rings. The van der Waals surface area contributed by atoms with Crippen molar-refractivity contribution >= 4 is 34.3 Å². The van der Waals surface area contributed by atoms with Crippen molar-refractivity contribution < 1.29 is 0 Å². The Bertz CT molecular complexity index is 829. The van der Waals surface area contributed by atoms with E-state index < -0.39 is 0 Å². The number of thioether (sulfide) groups is 1. The van der Waals surface area contributed by atoms with Gasteiger partial charge in [0, 0.05) is 15.7 Å². The molecule has 0 amide bonds. The van der Waals surface area contributed by atoms with Gasteiger partial charge in [0.25, 0.3) is 0 Å². The van der Waals surface area contributed by atoms with E-state index in [4.69, 9.17) is 16.6 Å². The smallest absolute Gasteiger partial charge is 0.0976 e. The minimum Gasteiger partial charge on any atom is -0.241 e. The first kappa shape index (κ1) is 15.4. The zero-order valence-electron chi connectivity index (χ0n) is 12.9. The second-order valence-corrected chi connectivity index (χ2v) is 7.30. The Labute approximate surface area is 140 Å². The number of aromatic nitrogens is 1. The van der Waals surface area contributed by atoms with E-state index in [9.17, 15) is 0 Å². The van der Waals surface area contributed by atoms with Gasteiger partial charge in [-0.1, -0.05) is 59.8 Å². The zero-order chi connectivity index (χ0) is 15.7. The fraction of sp³-hybridized carbons (Fsp3) is 0.211. The lowest BCUT2D eigenvalue weighted by Gasteiger charge is -2.14. The lowest BCUT2D eigenvalue weighted by Crippen LogP contribution is -1.93. The number of rotatable bonds is 3. The van der Waals surface area contributed by atoms with Crippen LogP contribution in [0.25, 0.3) is 10.9 Å². The van der Waals surface area contributed by atoms with Crippen molar-refractivity contribution in [2.45, 2.75) is 31.0 Å². The molecule has 112 valence electrons. The monoisotopic (exact) mass is 327 g/mol. The molecule has 0 aliphatic heterocycles. The van der Waals surface area contributed by atoms with Crippen LogP contribution in [-0.2, 0) is 0 Å². The van der Waals surface area contributed by atoms with E-state index in [0.717, 1.165) is 21.1 Å². The average Bonchev–Trinajstić information content (AvgIpc) is 2.49. The van der Waals surface area contributed by atoms with Crippen molar-refractivity contribution in [2.24, 2.45) is 0 Å². The second-order valence-electron chi connectivity index (χ2n) is 5.53. The van der Waals surface area contributed by atoms with Crippen molar-refractivity contribution in [3.05, 3.63) is 70.2 Å². The molecule has 2 aromatic carbocycles. The number of aryl methyl sites for hydroxylation is 2. The first-order valence-electron chi connectivity index (χ1n) is 7.34. The van der Waals surface area contributed by atoms with Crippen LogP contribution in [0.3, 0.4) is 0 Å². The highest BCUT2D eigenvalue weighted by atomic mass is 35.5. The first-order valence-corrected chi connectivity index (χ1v) is 8.60. The molecule has 0 radical (unpaired) electrons. The predicted molar refractivity (Wildman–Crippen MR) is 96.9 cm³/mol. The Kier molecular flexibility index (Phi) is 4.42. The van der Waals surface area contributed by atoms with E-state index in [1.165, 1.54) is 16.5 Å². The molecule has 22 heavy (non-hydrogen) atoms. The summed E-state index contributed by atoms with van der Waals surface area (Å²) in [6.45, 7) is 6.43. The third kappa shape index (κ3) is 2.99. The molecule has 0 bridgehead atoms. The summed E-state index contributed by atoms with van der Waals surface area (Å²) >= 11 is 8.06. The number of halogens is 1. The third-order valence-corrected chi connectivity index (χ3v) is 5.27. The number of hydrogen-bond acceptors (Lipinski definition) is 2. The molecule has 1 heterocycles. The Morgan fingerprint density at radius 1 is 1.00 bits per heavy atom. The van der Waals surface area contributed by atoms with Crippen LogP contribution in [0.2, 0.25) is 5.02 Å². The van der Waals surface area contributed by atoms with Crippen LogP contribution in [0.1, 0.15) is 28.9 Å². The van der Waals surface area contributed by atoms with Gasteiger partial charge in [0.15, 0.2) is 0 Å². The topological polar surface area (TPSA) is 12.9 Å². The van der Waals surface area contributed by atoms with Gasteiger partial charge in [-0.15, -0.1) is 0 Å². The van der Waals surface area contributed by atoms with Gasteiger partial charge in [0.05, 0.1) is 10.5 Å². The van der Waals surface area contributed by atoms with Crippen LogP contribution in [0.5, 0.6) is 0 Å². The maximum absolute atomic E-state index is 6.30. The first-order chi connectivity index (χ1) is 10.6. The van der Waals surface area contributed by atoms with Gasteiger partial charge in [0.1, 0.15) is 0 Å². The van der Waals surface area contributed by atoms with Gasteiger partial charge in [0.2, 0.25) is 0 Å². The predicted octanol–water partition coefficient (Wildman–Crippen LogP) is 6.36. The van der Waals surface area contributed by atoms with Crippen LogP contribution in [0.4, 0.5) is 0 Å². The van der Waals surface area contributed by atoms with Gasteiger partial charge in [-0.3, -0.25) is 0 Å². The zero-order valence-corrected chi connectivity index (χ0v) is 14.5. The SMILES string of the molecule is Cc1cc(S[C@H](C)c2ccccc2Cl)nc2c(C)cccc12. The molecule has 0 unspecified atom stereocenters. The minimum atomic E-state index is 0.266. The number of hydrogen-bond donors (Lipinski definition) is 0. The number of benzene rings is 2. The molecule has 0 N–H and O–H groups in total. The van der Waals surface area contributed by atoms with E-state index in [2.05, 4.69) is 51.1 Å². The summed E-state index contributed by atoms with van der Waals surface area (Å²) in [5.74, 6) is 0. The normalized spacial score (nSPS) is 12.5. The summed E-state index contributed by atoms with van der Waals surface area (Å²) in [7, 11) is 0. The van der Waals surface area contributed by atoms with Crippen LogP contribution in [-0.4, -0.2) is 4.98 Å². The Morgan fingerprint density at radius 3 is 2.55 bits per heavy atom. The van der Waals surface area contributed by atoms with Crippen LogP contribution < -0.4 is 0 Å². The Balaban J connectivity index is 1.98. The molecule has 0 saturated heterocycles. The maximum Gasteiger partial charge on any atom is 0.0976 e. The molecule has 1 atom stereocenters. The van der Waals surface area contributed by atoms with Gasteiger partial charge >= 0.3 is 0 Å². The molecule has 0 aliphatic rings. The molecule has 3 heteroatoms. The van der Waals surface area contributed by atoms with Gasteiger partial charge in [-0.05, 0) is 49.6 Å². The molecule has 0 aliphatic carbocycles. The largest absolute Gasteiger partial charge is 0.241 e. The lowest BCUT2D eigenvalue weighted by atomic mass is 10.1. The second kappa shape index (κ2) is 6.31. The van der Waals surface area contributed by atoms with E-state index >= 15 is 0 Å². The summed E-state index contributed by atoms with van der Waals surface area (Å²) in [5, 5.41) is 3.36. The molecule has 1 aromatic heterocycles. The number of fused-ring (bicyclic) bond motifs is 1. The van der Waals surface area contributed by atoms with Crippen LogP contribution in [0.15, 0.2) is 53.6 Å². The molecule has 1 nitrogen and oxygen atoms in total. The molecule has 3 rings (SSSR count). The maximum atomic E-state index is 6.30. The van der Waals surface area contributed by atoms with Crippen molar-refractivity contribution in [1.29, 1.82) is 0 Å². The number of pyridine rings is 1. The fourth-order valence-corrected chi connectivity index (χ4v) is 4.09. The van der Waals surface area contributed by atoms with Crippen molar-refractivity contribution in [3.63, 3.8) is 0 Å². The van der Waals surface area contributed by atoms with Crippen LogP contribution >= 0.6 is 23.4 Å². The van der Waals surface area contributed by atoms with Crippen LogP contribution in [0, 0.1) is 13.8 Å². The average molecular weight is 328 g/mol. The quantitative estimate of drug-likeness (QED) is 0.519. The molecular weight excluding hydrogens is 310 g/mol. The number of nitrogens with zero attached hydrogens (tertiary/aromatic N) is 1. The van der Waals surface area contributed by atoms with Gasteiger partial charge in [-0.25, -0.2) is 4.98 Å². The molecule has 0 fully saturated rings. The number of para-hydroxylation sites is 1. The lowest BCUT2D eigenvalue weighted by molar-refractivity contribution is 1.07. The highest BCUT2D eigenvalue weighted by Gasteiger charge is 2.13. The third-order valence-electron chi connectivity index (χ3n) is 3.87. The molecular formula is C19H18ClNS. The summed E-state index contributed by atoms with van der Waals surface area (Å²) in [6, 6.07) is 16.5. The van der Waals surface area contributed by atoms with Crippen molar-refractivity contribution in [3.8, 4) is 0 Å². The summed E-state index contributed by atoms with van der Waals surface area (Å²) in [5.41, 5.74) is 4.73. The van der Waals surface area contributed by atoms with Crippen molar-refractivity contribution in [1.82, 2.24) is 4.98 Å².